The number of carbonyl (C=O) groups is 2. The largest absolute Gasteiger partial charge is 0.462 e. The summed E-state index contributed by atoms with van der Waals surface area (Å²) in [5, 5.41) is 72.2. The molecule has 2 heterocycles. The minimum Gasteiger partial charge on any atom is -0.462 e. The Morgan fingerprint density at radius 2 is 0.871 bits per heavy atom. The van der Waals surface area contributed by atoms with Crippen molar-refractivity contribution in [2.24, 2.45) is 0 Å². The van der Waals surface area contributed by atoms with Gasteiger partial charge in [0.2, 0.25) is 0 Å². The van der Waals surface area contributed by atoms with E-state index in [4.69, 9.17) is 28.4 Å². The summed E-state index contributed by atoms with van der Waals surface area (Å²) in [5.41, 5.74) is 0. The van der Waals surface area contributed by atoms with Gasteiger partial charge in [-0.1, -0.05) is 192 Å². The highest BCUT2D eigenvalue weighted by Gasteiger charge is 2.47. The normalized spacial score (nSPS) is 25.5. The van der Waals surface area contributed by atoms with Gasteiger partial charge in [0.25, 0.3) is 0 Å². The highest BCUT2D eigenvalue weighted by atomic mass is 16.7. The molecule has 2 aliphatic heterocycles. The third-order valence-electron chi connectivity index (χ3n) is 13.4. The van der Waals surface area contributed by atoms with Crippen LogP contribution in [0.4, 0.5) is 0 Å². The van der Waals surface area contributed by atoms with Crippen molar-refractivity contribution in [1.82, 2.24) is 0 Å². The van der Waals surface area contributed by atoms with Crippen LogP contribution in [0.3, 0.4) is 0 Å². The zero-order chi connectivity index (χ0) is 51.0. The van der Waals surface area contributed by atoms with Crippen LogP contribution in [0.15, 0.2) is 24.3 Å². The number of aliphatic hydroxyl groups excluding tert-OH is 7. The lowest BCUT2D eigenvalue weighted by Gasteiger charge is -2.42. The Morgan fingerprint density at radius 3 is 1.37 bits per heavy atom. The summed E-state index contributed by atoms with van der Waals surface area (Å²) in [6.07, 6.45) is 27.8. The fraction of sp³-hybridized carbons (Fsp3) is 0.891. The number of rotatable bonds is 44. The van der Waals surface area contributed by atoms with Crippen LogP contribution in [0.2, 0.25) is 0 Å². The van der Waals surface area contributed by atoms with E-state index in [0.29, 0.717) is 19.3 Å². The van der Waals surface area contributed by atoms with Crippen molar-refractivity contribution in [1.29, 1.82) is 0 Å². The van der Waals surface area contributed by atoms with Crippen LogP contribution in [0.5, 0.6) is 0 Å². The molecular formula is C55H100O15. The lowest BCUT2D eigenvalue weighted by Crippen LogP contribution is -2.61. The Hall–Kier alpha value is -2.02. The number of unbranched alkanes of at least 4 members (excludes halogenated alkanes) is 26. The number of allylic oxidation sites excluding steroid dienone is 4. The van der Waals surface area contributed by atoms with E-state index in [1.807, 2.05) is 0 Å². The minimum absolute atomic E-state index is 0.157. The molecule has 0 aromatic heterocycles. The van der Waals surface area contributed by atoms with Gasteiger partial charge in [-0.3, -0.25) is 9.59 Å². The molecule has 410 valence electrons. The molecule has 2 rings (SSSR count). The number of aliphatic hydroxyl groups is 7. The van der Waals surface area contributed by atoms with Crippen LogP contribution < -0.4 is 0 Å². The molecule has 70 heavy (non-hydrogen) atoms. The molecule has 0 bridgehead atoms. The molecule has 0 aromatic carbocycles. The van der Waals surface area contributed by atoms with Gasteiger partial charge < -0.3 is 64.2 Å². The molecule has 0 aliphatic carbocycles. The zero-order valence-corrected chi connectivity index (χ0v) is 43.5. The minimum atomic E-state index is -1.77. The second-order valence-electron chi connectivity index (χ2n) is 19.8. The van der Waals surface area contributed by atoms with Crippen molar-refractivity contribution < 1.29 is 73.8 Å². The van der Waals surface area contributed by atoms with Gasteiger partial charge in [-0.15, -0.1) is 0 Å². The predicted molar refractivity (Wildman–Crippen MR) is 271 cm³/mol. The van der Waals surface area contributed by atoms with Gasteiger partial charge in [-0.2, -0.15) is 0 Å². The average Bonchev–Trinajstić information content (AvgIpc) is 3.35. The molecule has 4 unspecified atom stereocenters. The Morgan fingerprint density at radius 1 is 0.457 bits per heavy atom. The lowest BCUT2D eigenvalue weighted by molar-refractivity contribution is -0.332. The van der Waals surface area contributed by atoms with Crippen molar-refractivity contribution in [2.45, 2.75) is 287 Å². The second-order valence-corrected chi connectivity index (χ2v) is 19.8. The average molecular weight is 1000 g/mol. The van der Waals surface area contributed by atoms with Crippen LogP contribution >= 0.6 is 0 Å². The lowest BCUT2D eigenvalue weighted by atomic mass is 9.98. The first-order valence-corrected chi connectivity index (χ1v) is 27.9. The van der Waals surface area contributed by atoms with Crippen molar-refractivity contribution >= 4 is 11.9 Å². The standard InChI is InChI=1S/C55H100O15/c1-3-5-7-9-11-13-15-17-19-21-23-25-27-29-31-33-35-37-46(57)65-40-43(68-47(58)38-36-34-32-30-28-26-24-22-20-18-16-14-12-10-8-6-4-2)41-66-54-53(64)51(62)49(60)45(70-54)42-67-55-52(63)50(61)48(59)44(39-56)69-55/h23,25,29,31,43-45,48-56,59-64H,3-22,24,26-28,30,32-42H2,1-2H3/b25-23+,31-29+/t43-,44+,45+,48-,49-,50?,51?,52?,53?,54+,55+/m0/s1. The zero-order valence-electron chi connectivity index (χ0n) is 43.5. The van der Waals surface area contributed by atoms with Gasteiger partial charge in [0.15, 0.2) is 18.7 Å². The molecule has 0 spiro atoms. The van der Waals surface area contributed by atoms with Crippen molar-refractivity contribution in [3.63, 3.8) is 0 Å². The van der Waals surface area contributed by atoms with Crippen molar-refractivity contribution in [3.8, 4) is 0 Å². The third-order valence-corrected chi connectivity index (χ3v) is 13.4. The molecule has 7 N–H and O–H groups in total. The van der Waals surface area contributed by atoms with E-state index in [0.717, 1.165) is 32.1 Å². The second kappa shape index (κ2) is 42.3. The van der Waals surface area contributed by atoms with E-state index < -0.39 is 99.3 Å². The molecule has 2 aliphatic rings. The maximum atomic E-state index is 13.0. The monoisotopic (exact) mass is 1000 g/mol. The first-order chi connectivity index (χ1) is 34.0. The van der Waals surface area contributed by atoms with Gasteiger partial charge in [0.05, 0.1) is 19.8 Å². The van der Waals surface area contributed by atoms with E-state index in [1.165, 1.54) is 141 Å². The van der Waals surface area contributed by atoms with E-state index in [9.17, 15) is 45.3 Å². The fourth-order valence-corrected chi connectivity index (χ4v) is 8.85. The molecule has 2 saturated heterocycles. The molecule has 0 saturated carbocycles. The Bertz CT molecular complexity index is 1310. The summed E-state index contributed by atoms with van der Waals surface area (Å²) in [4.78, 5) is 25.8. The van der Waals surface area contributed by atoms with E-state index in [-0.39, 0.29) is 19.4 Å². The molecule has 15 heteroatoms. The van der Waals surface area contributed by atoms with Crippen molar-refractivity contribution in [2.75, 3.05) is 26.4 Å². The summed E-state index contributed by atoms with van der Waals surface area (Å²) < 4.78 is 33.6. The quantitative estimate of drug-likeness (QED) is 0.0172. The van der Waals surface area contributed by atoms with Crippen LogP contribution in [0.1, 0.15) is 219 Å². The molecule has 2 fully saturated rings. The van der Waals surface area contributed by atoms with Gasteiger partial charge in [0, 0.05) is 12.8 Å². The first-order valence-electron chi connectivity index (χ1n) is 27.9. The summed E-state index contributed by atoms with van der Waals surface area (Å²) in [7, 11) is 0. The summed E-state index contributed by atoms with van der Waals surface area (Å²) >= 11 is 0. The molecule has 0 radical (unpaired) electrons. The van der Waals surface area contributed by atoms with E-state index >= 15 is 0 Å². The summed E-state index contributed by atoms with van der Waals surface area (Å²) in [5.74, 6) is -0.967. The van der Waals surface area contributed by atoms with Gasteiger partial charge >= 0.3 is 11.9 Å². The fourth-order valence-electron chi connectivity index (χ4n) is 8.85. The molecule has 0 amide bonds. The Kier molecular flexibility index (Phi) is 38.8. The maximum Gasteiger partial charge on any atom is 0.306 e. The molecule has 0 aromatic rings. The number of carbonyl (C=O) groups excluding carboxylic acids is 2. The topological polar surface area (TPSA) is 231 Å². The predicted octanol–water partition coefficient (Wildman–Crippen LogP) is 8.72. The number of ether oxygens (including phenoxy) is 6. The third kappa shape index (κ3) is 29.6. The van der Waals surface area contributed by atoms with E-state index in [1.54, 1.807) is 0 Å². The number of hydrogen-bond donors (Lipinski definition) is 7. The van der Waals surface area contributed by atoms with Crippen molar-refractivity contribution in [3.05, 3.63) is 24.3 Å². The smallest absolute Gasteiger partial charge is 0.306 e. The van der Waals surface area contributed by atoms with Crippen LogP contribution in [-0.4, -0.2) is 142 Å². The van der Waals surface area contributed by atoms with Gasteiger partial charge in [0.1, 0.15) is 55.4 Å². The van der Waals surface area contributed by atoms with Gasteiger partial charge in [-0.05, 0) is 38.5 Å². The maximum absolute atomic E-state index is 13.0. The van der Waals surface area contributed by atoms with Crippen LogP contribution in [0, 0.1) is 0 Å². The highest BCUT2D eigenvalue weighted by Crippen LogP contribution is 2.27. The highest BCUT2D eigenvalue weighted by molar-refractivity contribution is 5.70. The SMILES string of the molecule is CCCCCCCCCCC/C=C/C/C=C/CCCC(=O)OC[C@@H](CO[C@@H]1O[C@H](CO[C@@H]2O[C@H](CO)[C@H](O)C(O)C2O)[C@H](O)C(O)C1O)OC(=O)CCCCCCCCCCCCCCCCCCC. The van der Waals surface area contributed by atoms with Gasteiger partial charge in [-0.25, -0.2) is 0 Å². The van der Waals surface area contributed by atoms with E-state index in [2.05, 4.69) is 38.2 Å². The number of hydrogen-bond acceptors (Lipinski definition) is 15. The summed E-state index contributed by atoms with van der Waals surface area (Å²) in [6.45, 7) is 2.58. The number of esters is 2. The summed E-state index contributed by atoms with van der Waals surface area (Å²) in [6, 6.07) is 0. The molecular weight excluding hydrogens is 901 g/mol. The first kappa shape index (κ1) is 64.1. The molecule has 15 nitrogen and oxygen atoms in total. The van der Waals surface area contributed by atoms with Crippen LogP contribution in [0.25, 0.3) is 0 Å². The van der Waals surface area contributed by atoms with Crippen LogP contribution in [-0.2, 0) is 38.0 Å². The Balaban J connectivity index is 1.79. The Labute approximate surface area is 422 Å². The molecule has 11 atom stereocenters.